The second-order valence-corrected chi connectivity index (χ2v) is 4.14. The van der Waals surface area contributed by atoms with Crippen LogP contribution in [-0.4, -0.2) is 22.2 Å². The first kappa shape index (κ1) is 15.7. The normalized spacial score (nSPS) is 9.94. The van der Waals surface area contributed by atoms with E-state index in [1.807, 2.05) is 0 Å². The van der Waals surface area contributed by atoms with Gasteiger partial charge in [0.25, 0.3) is 0 Å². The summed E-state index contributed by atoms with van der Waals surface area (Å²) in [6.07, 6.45) is 9.82. The van der Waals surface area contributed by atoms with Gasteiger partial charge < -0.3 is 10.2 Å². The molecule has 0 rings (SSSR count). The number of hydrogen-bond acceptors (Lipinski definition) is 2. The standard InChI is InChI=1S/C13H22O4/c1-2-3-4-5-6-7-8-9-10-11(12(14)15)13(16)17/h10H,2-9H2,1H3,(H,14,15)(H,16,17). The van der Waals surface area contributed by atoms with E-state index in [0.717, 1.165) is 19.3 Å². The van der Waals surface area contributed by atoms with E-state index in [1.54, 1.807) is 0 Å². The predicted octanol–water partition coefficient (Wildman–Crippen LogP) is 3.22. The molecule has 0 aliphatic heterocycles. The monoisotopic (exact) mass is 242 g/mol. The highest BCUT2D eigenvalue weighted by molar-refractivity contribution is 6.12. The van der Waals surface area contributed by atoms with Crippen LogP contribution >= 0.6 is 0 Å². The minimum atomic E-state index is -1.36. The van der Waals surface area contributed by atoms with Gasteiger partial charge in [-0.3, -0.25) is 0 Å². The van der Waals surface area contributed by atoms with E-state index in [-0.39, 0.29) is 0 Å². The summed E-state index contributed by atoms with van der Waals surface area (Å²) in [7, 11) is 0. The summed E-state index contributed by atoms with van der Waals surface area (Å²) in [5.74, 6) is -2.72. The third-order valence-electron chi connectivity index (χ3n) is 2.62. The van der Waals surface area contributed by atoms with Gasteiger partial charge in [-0.15, -0.1) is 0 Å². The number of carbonyl (C=O) groups is 2. The first-order valence-corrected chi connectivity index (χ1v) is 6.26. The van der Waals surface area contributed by atoms with Crippen LogP contribution in [0.25, 0.3) is 0 Å². The van der Waals surface area contributed by atoms with Gasteiger partial charge in [0.2, 0.25) is 0 Å². The second-order valence-electron chi connectivity index (χ2n) is 4.14. The average molecular weight is 242 g/mol. The lowest BCUT2D eigenvalue weighted by Crippen LogP contribution is -2.10. The van der Waals surface area contributed by atoms with Gasteiger partial charge in [-0.25, -0.2) is 9.59 Å². The van der Waals surface area contributed by atoms with Gasteiger partial charge >= 0.3 is 11.9 Å². The Morgan fingerprint density at radius 1 is 0.882 bits per heavy atom. The smallest absolute Gasteiger partial charge is 0.342 e. The van der Waals surface area contributed by atoms with Gasteiger partial charge in [-0.1, -0.05) is 51.5 Å². The Balaban J connectivity index is 3.64. The highest BCUT2D eigenvalue weighted by Crippen LogP contribution is 2.09. The fraction of sp³-hybridized carbons (Fsp3) is 0.692. The van der Waals surface area contributed by atoms with Crippen LogP contribution in [0, 0.1) is 0 Å². The zero-order chi connectivity index (χ0) is 13.1. The van der Waals surface area contributed by atoms with Gasteiger partial charge in [0.15, 0.2) is 0 Å². The molecule has 0 amide bonds. The summed E-state index contributed by atoms with van der Waals surface area (Å²) < 4.78 is 0. The molecule has 0 aromatic rings. The largest absolute Gasteiger partial charge is 0.477 e. The molecule has 0 atom stereocenters. The van der Waals surface area contributed by atoms with Crippen LogP contribution in [0.2, 0.25) is 0 Å². The Bertz CT molecular complexity index is 253. The van der Waals surface area contributed by atoms with E-state index in [1.165, 1.54) is 31.8 Å². The van der Waals surface area contributed by atoms with E-state index in [9.17, 15) is 9.59 Å². The van der Waals surface area contributed by atoms with Crippen molar-refractivity contribution in [2.45, 2.75) is 58.3 Å². The maximum atomic E-state index is 10.5. The van der Waals surface area contributed by atoms with E-state index >= 15 is 0 Å². The van der Waals surface area contributed by atoms with Crippen molar-refractivity contribution in [2.24, 2.45) is 0 Å². The van der Waals surface area contributed by atoms with Crippen molar-refractivity contribution < 1.29 is 19.8 Å². The summed E-state index contributed by atoms with van der Waals surface area (Å²) in [5, 5.41) is 17.2. The number of carboxylic acid groups (broad SMARTS) is 2. The summed E-state index contributed by atoms with van der Waals surface area (Å²) >= 11 is 0. The lowest BCUT2D eigenvalue weighted by atomic mass is 10.1. The lowest BCUT2D eigenvalue weighted by molar-refractivity contribution is -0.140. The molecule has 0 aliphatic carbocycles. The molecule has 0 spiro atoms. The van der Waals surface area contributed by atoms with E-state index in [0.29, 0.717) is 6.42 Å². The van der Waals surface area contributed by atoms with Crippen molar-refractivity contribution in [1.82, 2.24) is 0 Å². The number of hydrogen-bond donors (Lipinski definition) is 2. The Kier molecular flexibility index (Phi) is 9.11. The van der Waals surface area contributed by atoms with Gasteiger partial charge in [0.1, 0.15) is 5.57 Å². The Morgan fingerprint density at radius 3 is 1.82 bits per heavy atom. The Labute approximate surface area is 102 Å². The van der Waals surface area contributed by atoms with Crippen LogP contribution in [0.3, 0.4) is 0 Å². The number of unbranched alkanes of at least 4 members (excludes halogenated alkanes) is 7. The molecule has 0 saturated carbocycles. The SMILES string of the molecule is CCCCCCCCCC=C(C(=O)O)C(=O)O. The molecule has 4 nitrogen and oxygen atoms in total. The molecule has 0 aliphatic rings. The molecule has 0 saturated heterocycles. The molecule has 0 aromatic heterocycles. The van der Waals surface area contributed by atoms with Crippen molar-refractivity contribution in [2.75, 3.05) is 0 Å². The minimum absolute atomic E-state index is 0.518. The third-order valence-corrected chi connectivity index (χ3v) is 2.62. The van der Waals surface area contributed by atoms with Crippen LogP contribution in [0.1, 0.15) is 58.3 Å². The van der Waals surface area contributed by atoms with E-state index < -0.39 is 17.5 Å². The van der Waals surface area contributed by atoms with E-state index in [2.05, 4.69) is 6.92 Å². The number of rotatable bonds is 10. The predicted molar refractivity (Wildman–Crippen MR) is 66.0 cm³/mol. The molecular formula is C13H22O4. The Morgan fingerprint density at radius 2 is 1.35 bits per heavy atom. The highest BCUT2D eigenvalue weighted by Gasteiger charge is 2.14. The van der Waals surface area contributed by atoms with Gasteiger partial charge in [0.05, 0.1) is 0 Å². The minimum Gasteiger partial charge on any atom is -0.477 e. The van der Waals surface area contributed by atoms with Crippen molar-refractivity contribution in [3.8, 4) is 0 Å². The van der Waals surface area contributed by atoms with Crippen molar-refractivity contribution in [3.05, 3.63) is 11.6 Å². The summed E-state index contributed by atoms with van der Waals surface area (Å²) in [5.41, 5.74) is -0.518. The summed E-state index contributed by atoms with van der Waals surface area (Å²) in [6.45, 7) is 2.17. The molecule has 0 unspecified atom stereocenters. The average Bonchev–Trinajstić information content (AvgIpc) is 2.26. The molecule has 0 fully saturated rings. The van der Waals surface area contributed by atoms with Crippen LogP contribution in [0.5, 0.6) is 0 Å². The van der Waals surface area contributed by atoms with E-state index in [4.69, 9.17) is 10.2 Å². The van der Waals surface area contributed by atoms with Crippen LogP contribution < -0.4 is 0 Å². The molecule has 2 N–H and O–H groups in total. The quantitative estimate of drug-likeness (QED) is 0.267. The highest BCUT2D eigenvalue weighted by atomic mass is 16.4. The van der Waals surface area contributed by atoms with Crippen LogP contribution in [0.15, 0.2) is 11.6 Å². The molecule has 4 heteroatoms. The second kappa shape index (κ2) is 9.87. The lowest BCUT2D eigenvalue weighted by Gasteiger charge is -1.99. The topological polar surface area (TPSA) is 74.6 Å². The summed E-state index contributed by atoms with van der Waals surface area (Å²) in [4.78, 5) is 21.1. The fourth-order valence-electron chi connectivity index (χ4n) is 1.61. The van der Waals surface area contributed by atoms with Crippen LogP contribution in [-0.2, 0) is 9.59 Å². The van der Waals surface area contributed by atoms with Gasteiger partial charge in [0, 0.05) is 0 Å². The molecule has 17 heavy (non-hydrogen) atoms. The zero-order valence-electron chi connectivity index (χ0n) is 10.4. The van der Waals surface area contributed by atoms with Crippen molar-refractivity contribution in [3.63, 3.8) is 0 Å². The number of aliphatic carboxylic acids is 2. The third kappa shape index (κ3) is 8.48. The van der Waals surface area contributed by atoms with Gasteiger partial charge in [-0.05, 0) is 12.8 Å². The van der Waals surface area contributed by atoms with Crippen molar-refractivity contribution >= 4 is 11.9 Å². The van der Waals surface area contributed by atoms with Crippen molar-refractivity contribution in [1.29, 1.82) is 0 Å². The molecule has 98 valence electrons. The Hall–Kier alpha value is -1.32. The van der Waals surface area contributed by atoms with Crippen LogP contribution in [0.4, 0.5) is 0 Å². The molecule has 0 heterocycles. The first-order valence-electron chi connectivity index (χ1n) is 6.26. The number of allylic oxidation sites excluding steroid dienone is 1. The molecule has 0 aromatic carbocycles. The molecular weight excluding hydrogens is 220 g/mol. The first-order chi connectivity index (χ1) is 8.09. The zero-order valence-corrected chi connectivity index (χ0v) is 10.4. The fourth-order valence-corrected chi connectivity index (χ4v) is 1.61. The maximum absolute atomic E-state index is 10.5. The molecule has 0 bridgehead atoms. The number of carboxylic acids is 2. The molecule has 0 radical (unpaired) electrons. The maximum Gasteiger partial charge on any atom is 0.342 e. The summed E-state index contributed by atoms with van der Waals surface area (Å²) in [6, 6.07) is 0. The van der Waals surface area contributed by atoms with Gasteiger partial charge in [-0.2, -0.15) is 0 Å².